The molecule has 0 fully saturated rings. The molecule has 25 heavy (non-hydrogen) atoms. The normalized spacial score (nSPS) is 11.6. The minimum Gasteiger partial charge on any atom is -0.380 e. The summed E-state index contributed by atoms with van der Waals surface area (Å²) < 4.78 is 0. The Hall–Kier alpha value is -3.14. The number of aromatic nitrogens is 1. The van der Waals surface area contributed by atoms with Crippen LogP contribution in [0.3, 0.4) is 0 Å². The van der Waals surface area contributed by atoms with Crippen LogP contribution in [0.2, 0.25) is 0 Å². The highest BCUT2D eigenvalue weighted by atomic mass is 16.1. The molecule has 1 amide bonds. The Balaban J connectivity index is 1.63. The van der Waals surface area contributed by atoms with Crippen LogP contribution < -0.4 is 10.6 Å². The first-order valence-corrected chi connectivity index (χ1v) is 8.31. The average molecular weight is 331 g/mol. The van der Waals surface area contributed by atoms with Crippen LogP contribution in [0.15, 0.2) is 79.1 Å². The zero-order valence-electron chi connectivity index (χ0n) is 14.1. The van der Waals surface area contributed by atoms with Gasteiger partial charge in [-0.15, -0.1) is 0 Å². The van der Waals surface area contributed by atoms with E-state index in [1.54, 1.807) is 12.4 Å². The number of benzene rings is 2. The van der Waals surface area contributed by atoms with Gasteiger partial charge in [0, 0.05) is 18.9 Å². The Kier molecular flexibility index (Phi) is 5.42. The molecule has 126 valence electrons. The molecule has 0 aliphatic rings. The largest absolute Gasteiger partial charge is 0.380 e. The first-order valence-electron chi connectivity index (χ1n) is 8.31. The molecule has 1 atom stereocenters. The molecule has 1 heterocycles. The summed E-state index contributed by atoms with van der Waals surface area (Å²) in [6.07, 6.45) is 3.31. The summed E-state index contributed by atoms with van der Waals surface area (Å²) in [7, 11) is 0. The van der Waals surface area contributed by atoms with Crippen LogP contribution in [0, 0.1) is 0 Å². The Morgan fingerprint density at radius 2 is 1.68 bits per heavy atom. The Morgan fingerprint density at radius 3 is 2.40 bits per heavy atom. The van der Waals surface area contributed by atoms with E-state index in [1.807, 2.05) is 61.5 Å². The van der Waals surface area contributed by atoms with Crippen molar-refractivity contribution < 1.29 is 4.79 Å². The van der Waals surface area contributed by atoms with Crippen molar-refractivity contribution in [2.24, 2.45) is 0 Å². The summed E-state index contributed by atoms with van der Waals surface area (Å²) in [6.45, 7) is 2.66. The average Bonchev–Trinajstić information content (AvgIpc) is 2.68. The van der Waals surface area contributed by atoms with Crippen molar-refractivity contribution in [3.8, 4) is 0 Å². The summed E-state index contributed by atoms with van der Waals surface area (Å²) in [5.41, 5.74) is 3.61. The predicted molar refractivity (Wildman–Crippen MR) is 100 cm³/mol. The van der Waals surface area contributed by atoms with E-state index >= 15 is 0 Å². The van der Waals surface area contributed by atoms with Gasteiger partial charge in [0.15, 0.2) is 0 Å². The summed E-state index contributed by atoms with van der Waals surface area (Å²) in [4.78, 5) is 16.7. The fraction of sp³-hybridized carbons (Fsp3) is 0.143. The lowest BCUT2D eigenvalue weighted by Crippen LogP contribution is -2.26. The summed E-state index contributed by atoms with van der Waals surface area (Å²) >= 11 is 0. The Bertz CT molecular complexity index is 819. The number of anilines is 1. The number of pyridine rings is 1. The number of amides is 1. The van der Waals surface area contributed by atoms with E-state index < -0.39 is 0 Å². The molecule has 0 saturated carbocycles. The van der Waals surface area contributed by atoms with Crippen molar-refractivity contribution in [3.05, 3.63) is 95.8 Å². The molecular formula is C21H21N3O. The van der Waals surface area contributed by atoms with Crippen LogP contribution in [0.5, 0.6) is 0 Å². The lowest BCUT2D eigenvalue weighted by atomic mass is 10.1. The number of hydrogen-bond donors (Lipinski definition) is 2. The third-order valence-electron chi connectivity index (χ3n) is 3.99. The van der Waals surface area contributed by atoms with Crippen molar-refractivity contribution >= 4 is 11.6 Å². The van der Waals surface area contributed by atoms with Crippen molar-refractivity contribution in [1.29, 1.82) is 0 Å². The van der Waals surface area contributed by atoms with Gasteiger partial charge >= 0.3 is 0 Å². The van der Waals surface area contributed by atoms with E-state index in [0.29, 0.717) is 12.1 Å². The van der Waals surface area contributed by atoms with Gasteiger partial charge in [0.2, 0.25) is 0 Å². The molecule has 1 aromatic heterocycles. The van der Waals surface area contributed by atoms with Gasteiger partial charge in [-0.2, -0.15) is 0 Å². The fourth-order valence-corrected chi connectivity index (χ4v) is 2.57. The zero-order chi connectivity index (χ0) is 17.5. The number of nitrogens with one attached hydrogen (secondary N) is 2. The number of carbonyl (C=O) groups is 1. The van der Waals surface area contributed by atoms with Gasteiger partial charge in [-0.05, 0) is 24.1 Å². The van der Waals surface area contributed by atoms with Gasteiger partial charge in [-0.1, -0.05) is 60.7 Å². The second-order valence-electron chi connectivity index (χ2n) is 5.91. The van der Waals surface area contributed by atoms with Crippen LogP contribution in [-0.4, -0.2) is 10.9 Å². The fourth-order valence-electron chi connectivity index (χ4n) is 2.57. The van der Waals surface area contributed by atoms with E-state index in [0.717, 1.165) is 11.3 Å². The van der Waals surface area contributed by atoms with Crippen molar-refractivity contribution in [3.63, 3.8) is 0 Å². The van der Waals surface area contributed by atoms with Crippen molar-refractivity contribution in [2.45, 2.75) is 19.5 Å². The molecule has 2 aromatic carbocycles. The molecule has 3 rings (SSSR count). The second kappa shape index (κ2) is 8.11. The minimum atomic E-state index is -0.132. The van der Waals surface area contributed by atoms with Crippen LogP contribution >= 0.6 is 0 Å². The third kappa shape index (κ3) is 4.67. The van der Waals surface area contributed by atoms with Gasteiger partial charge in [0.25, 0.3) is 5.91 Å². The van der Waals surface area contributed by atoms with E-state index in [2.05, 4.69) is 27.8 Å². The summed E-state index contributed by atoms with van der Waals surface area (Å²) in [5.74, 6) is -0.132. The standard InChI is InChI=1S/C21H21N3O/c1-16(18-10-6-3-7-11-18)24-21(25)19-12-20(15-22-14-19)23-13-17-8-4-2-5-9-17/h2-12,14-16,23H,13H2,1H3,(H,24,25). The number of nitrogens with zero attached hydrogens (tertiary/aromatic N) is 1. The smallest absolute Gasteiger partial charge is 0.253 e. The van der Waals surface area contributed by atoms with Crippen LogP contribution in [0.1, 0.15) is 34.5 Å². The van der Waals surface area contributed by atoms with Crippen LogP contribution in [0.25, 0.3) is 0 Å². The molecule has 4 nitrogen and oxygen atoms in total. The second-order valence-corrected chi connectivity index (χ2v) is 5.91. The maximum Gasteiger partial charge on any atom is 0.253 e. The number of hydrogen-bond acceptors (Lipinski definition) is 3. The molecule has 3 aromatic rings. The number of rotatable bonds is 6. The Morgan fingerprint density at radius 1 is 1.00 bits per heavy atom. The topological polar surface area (TPSA) is 54.0 Å². The van der Waals surface area contributed by atoms with Gasteiger partial charge in [-0.3, -0.25) is 9.78 Å². The van der Waals surface area contributed by atoms with Gasteiger partial charge < -0.3 is 10.6 Å². The molecule has 1 unspecified atom stereocenters. The highest BCUT2D eigenvalue weighted by molar-refractivity contribution is 5.94. The molecule has 0 saturated heterocycles. The van der Waals surface area contributed by atoms with Gasteiger partial charge in [-0.25, -0.2) is 0 Å². The highest BCUT2D eigenvalue weighted by Gasteiger charge is 2.12. The predicted octanol–water partition coefficient (Wildman–Crippen LogP) is 4.18. The molecule has 0 aliphatic carbocycles. The monoisotopic (exact) mass is 331 g/mol. The lowest BCUT2D eigenvalue weighted by molar-refractivity contribution is 0.0939. The first kappa shape index (κ1) is 16.7. The maximum atomic E-state index is 12.5. The van der Waals surface area contributed by atoms with Crippen molar-refractivity contribution in [1.82, 2.24) is 10.3 Å². The summed E-state index contributed by atoms with van der Waals surface area (Å²) in [6, 6.07) is 21.8. The SMILES string of the molecule is CC(NC(=O)c1cncc(NCc2ccccc2)c1)c1ccccc1. The van der Waals surface area contributed by atoms with E-state index in [-0.39, 0.29) is 11.9 Å². The van der Waals surface area contributed by atoms with Gasteiger partial charge in [0.1, 0.15) is 0 Å². The molecule has 4 heteroatoms. The van der Waals surface area contributed by atoms with Crippen LogP contribution in [0.4, 0.5) is 5.69 Å². The molecule has 0 radical (unpaired) electrons. The molecule has 2 N–H and O–H groups in total. The maximum absolute atomic E-state index is 12.5. The van der Waals surface area contributed by atoms with E-state index in [4.69, 9.17) is 0 Å². The zero-order valence-corrected chi connectivity index (χ0v) is 14.1. The molecule has 0 spiro atoms. The summed E-state index contributed by atoms with van der Waals surface area (Å²) in [5, 5.41) is 6.31. The molecule has 0 bridgehead atoms. The minimum absolute atomic E-state index is 0.0605. The quantitative estimate of drug-likeness (QED) is 0.712. The van der Waals surface area contributed by atoms with Crippen molar-refractivity contribution in [2.75, 3.05) is 5.32 Å². The Labute approximate surface area is 147 Å². The molecular weight excluding hydrogens is 310 g/mol. The third-order valence-corrected chi connectivity index (χ3v) is 3.99. The van der Waals surface area contributed by atoms with E-state index in [9.17, 15) is 4.79 Å². The van der Waals surface area contributed by atoms with E-state index in [1.165, 1.54) is 5.56 Å². The lowest BCUT2D eigenvalue weighted by Gasteiger charge is -2.14. The van der Waals surface area contributed by atoms with Gasteiger partial charge in [0.05, 0.1) is 17.3 Å². The van der Waals surface area contributed by atoms with Crippen LogP contribution in [-0.2, 0) is 6.54 Å². The first-order chi connectivity index (χ1) is 12.2. The molecule has 0 aliphatic heterocycles. The highest BCUT2D eigenvalue weighted by Crippen LogP contribution is 2.14. The number of carbonyl (C=O) groups excluding carboxylic acids is 1.